The molecule has 0 aliphatic carbocycles. The fourth-order valence-electron chi connectivity index (χ4n) is 1.79. The molecule has 106 valence electrons. The molecular weight excluding hydrogens is 282 g/mol. The second-order valence-electron chi connectivity index (χ2n) is 4.27. The van der Waals surface area contributed by atoms with Crippen LogP contribution in [0.1, 0.15) is 20.8 Å². The fourth-order valence-corrected chi connectivity index (χ4v) is 2.64. The SMILES string of the molecule is CNc1c(F)cc(C(=O)NCc2sccc2C)cc1F. The third kappa shape index (κ3) is 2.96. The van der Waals surface area contributed by atoms with E-state index in [1.807, 2.05) is 18.4 Å². The first kappa shape index (κ1) is 14.5. The minimum absolute atomic E-state index is 0.0341. The van der Waals surface area contributed by atoms with Crippen LogP contribution in [0.2, 0.25) is 0 Å². The van der Waals surface area contributed by atoms with Gasteiger partial charge >= 0.3 is 0 Å². The van der Waals surface area contributed by atoms with Gasteiger partial charge in [0.05, 0.1) is 6.54 Å². The molecule has 1 heterocycles. The highest BCUT2D eigenvalue weighted by molar-refractivity contribution is 7.10. The molecule has 0 spiro atoms. The van der Waals surface area contributed by atoms with E-state index in [0.29, 0.717) is 6.54 Å². The maximum absolute atomic E-state index is 13.6. The van der Waals surface area contributed by atoms with Gasteiger partial charge in [-0.1, -0.05) is 0 Å². The molecule has 2 rings (SSSR count). The van der Waals surface area contributed by atoms with Crippen molar-refractivity contribution >= 4 is 22.9 Å². The summed E-state index contributed by atoms with van der Waals surface area (Å²) >= 11 is 1.53. The van der Waals surface area contributed by atoms with Crippen molar-refractivity contribution in [3.63, 3.8) is 0 Å². The number of hydrogen-bond donors (Lipinski definition) is 2. The summed E-state index contributed by atoms with van der Waals surface area (Å²) in [7, 11) is 1.42. The first-order valence-corrected chi connectivity index (χ1v) is 6.89. The Kier molecular flexibility index (Phi) is 4.34. The smallest absolute Gasteiger partial charge is 0.251 e. The number of rotatable bonds is 4. The normalized spacial score (nSPS) is 10.4. The van der Waals surface area contributed by atoms with Gasteiger partial charge in [0.1, 0.15) is 17.3 Å². The summed E-state index contributed by atoms with van der Waals surface area (Å²) in [6, 6.07) is 3.99. The molecule has 1 aromatic heterocycles. The van der Waals surface area contributed by atoms with Crippen molar-refractivity contribution in [2.75, 3.05) is 12.4 Å². The van der Waals surface area contributed by atoms with Gasteiger partial charge in [-0.3, -0.25) is 4.79 Å². The van der Waals surface area contributed by atoms with E-state index < -0.39 is 17.5 Å². The largest absolute Gasteiger partial charge is 0.383 e. The molecule has 20 heavy (non-hydrogen) atoms. The molecule has 0 aliphatic rings. The molecule has 0 fully saturated rings. The van der Waals surface area contributed by atoms with Crippen molar-refractivity contribution in [1.29, 1.82) is 0 Å². The third-order valence-electron chi connectivity index (χ3n) is 2.93. The van der Waals surface area contributed by atoms with Crippen LogP contribution in [0.25, 0.3) is 0 Å². The Morgan fingerprint density at radius 3 is 2.45 bits per heavy atom. The Morgan fingerprint density at radius 1 is 1.30 bits per heavy atom. The molecule has 1 amide bonds. The van der Waals surface area contributed by atoms with Crippen molar-refractivity contribution < 1.29 is 13.6 Å². The summed E-state index contributed by atoms with van der Waals surface area (Å²) in [6.45, 7) is 2.29. The Morgan fingerprint density at radius 2 is 1.95 bits per heavy atom. The second-order valence-corrected chi connectivity index (χ2v) is 5.28. The zero-order valence-corrected chi connectivity index (χ0v) is 11.9. The quantitative estimate of drug-likeness (QED) is 0.909. The van der Waals surface area contributed by atoms with Crippen LogP contribution >= 0.6 is 11.3 Å². The van der Waals surface area contributed by atoms with E-state index >= 15 is 0 Å². The maximum atomic E-state index is 13.6. The van der Waals surface area contributed by atoms with Crippen LogP contribution < -0.4 is 10.6 Å². The molecule has 0 saturated carbocycles. The number of nitrogens with one attached hydrogen (secondary N) is 2. The molecule has 0 aliphatic heterocycles. The van der Waals surface area contributed by atoms with Gasteiger partial charge in [-0.2, -0.15) is 0 Å². The third-order valence-corrected chi connectivity index (χ3v) is 3.95. The van der Waals surface area contributed by atoms with Crippen LogP contribution in [0, 0.1) is 18.6 Å². The van der Waals surface area contributed by atoms with E-state index in [2.05, 4.69) is 10.6 Å². The van der Waals surface area contributed by atoms with Crippen LogP contribution in [0.3, 0.4) is 0 Å². The van der Waals surface area contributed by atoms with E-state index in [4.69, 9.17) is 0 Å². The van der Waals surface area contributed by atoms with E-state index in [0.717, 1.165) is 22.6 Å². The monoisotopic (exact) mass is 296 g/mol. The predicted molar refractivity (Wildman–Crippen MR) is 76.1 cm³/mol. The number of benzene rings is 1. The minimum Gasteiger partial charge on any atom is -0.383 e. The van der Waals surface area contributed by atoms with E-state index in [9.17, 15) is 13.6 Å². The highest BCUT2D eigenvalue weighted by Gasteiger charge is 2.14. The van der Waals surface area contributed by atoms with Gasteiger partial charge in [0.2, 0.25) is 0 Å². The Hall–Kier alpha value is -1.95. The lowest BCUT2D eigenvalue weighted by molar-refractivity contribution is 0.0950. The lowest BCUT2D eigenvalue weighted by Gasteiger charge is -2.08. The summed E-state index contributed by atoms with van der Waals surface area (Å²) in [4.78, 5) is 12.9. The van der Waals surface area contributed by atoms with Crippen molar-refractivity contribution in [3.05, 3.63) is 51.2 Å². The zero-order chi connectivity index (χ0) is 14.7. The molecule has 0 saturated heterocycles. The first-order chi connectivity index (χ1) is 9.52. The standard InChI is InChI=1S/C14H14F2N2OS/c1-8-3-4-20-12(8)7-18-14(19)9-5-10(15)13(17-2)11(16)6-9/h3-6,17H,7H2,1-2H3,(H,18,19). The van der Waals surface area contributed by atoms with Crippen LogP contribution in [0.15, 0.2) is 23.6 Å². The van der Waals surface area contributed by atoms with Gasteiger partial charge in [-0.05, 0) is 36.1 Å². The highest BCUT2D eigenvalue weighted by atomic mass is 32.1. The number of carbonyl (C=O) groups excluding carboxylic acids is 1. The summed E-state index contributed by atoms with van der Waals surface area (Å²) in [5, 5.41) is 6.99. The molecule has 0 radical (unpaired) electrons. The van der Waals surface area contributed by atoms with Crippen molar-refractivity contribution in [1.82, 2.24) is 5.32 Å². The van der Waals surface area contributed by atoms with Crippen LogP contribution in [0.4, 0.5) is 14.5 Å². The molecule has 2 aromatic rings. The molecule has 2 N–H and O–H groups in total. The van der Waals surface area contributed by atoms with Gasteiger partial charge in [-0.25, -0.2) is 8.78 Å². The Bertz CT molecular complexity index is 617. The molecule has 0 unspecified atom stereocenters. The fraction of sp³-hybridized carbons (Fsp3) is 0.214. The topological polar surface area (TPSA) is 41.1 Å². The minimum atomic E-state index is -0.787. The second kappa shape index (κ2) is 6.00. The Balaban J connectivity index is 2.12. The number of carbonyl (C=O) groups is 1. The van der Waals surface area contributed by atoms with Gasteiger partial charge in [0, 0.05) is 17.5 Å². The highest BCUT2D eigenvalue weighted by Crippen LogP contribution is 2.20. The van der Waals surface area contributed by atoms with Crippen LogP contribution in [-0.4, -0.2) is 13.0 Å². The zero-order valence-electron chi connectivity index (χ0n) is 11.1. The van der Waals surface area contributed by atoms with Gasteiger partial charge < -0.3 is 10.6 Å². The Labute approximate surface area is 119 Å². The summed E-state index contributed by atoms with van der Waals surface area (Å²) < 4.78 is 27.1. The molecular formula is C14H14F2N2OS. The van der Waals surface area contributed by atoms with Gasteiger partial charge in [0.25, 0.3) is 5.91 Å². The predicted octanol–water partition coefficient (Wildman–Crippen LogP) is 3.31. The van der Waals surface area contributed by atoms with Gasteiger partial charge in [0.15, 0.2) is 0 Å². The number of hydrogen-bond acceptors (Lipinski definition) is 3. The van der Waals surface area contributed by atoms with Crippen LogP contribution in [-0.2, 0) is 6.54 Å². The first-order valence-electron chi connectivity index (χ1n) is 6.01. The molecule has 1 aromatic carbocycles. The maximum Gasteiger partial charge on any atom is 0.251 e. The summed E-state index contributed by atoms with van der Waals surface area (Å²) in [6.07, 6.45) is 0. The number of thiophene rings is 1. The summed E-state index contributed by atoms with van der Waals surface area (Å²) in [5.74, 6) is -2.08. The number of amides is 1. The van der Waals surface area contributed by atoms with E-state index in [1.165, 1.54) is 18.4 Å². The molecule has 0 atom stereocenters. The van der Waals surface area contributed by atoms with Gasteiger partial charge in [-0.15, -0.1) is 11.3 Å². The summed E-state index contributed by atoms with van der Waals surface area (Å²) in [5.41, 5.74) is 0.807. The van der Waals surface area contributed by atoms with E-state index in [-0.39, 0.29) is 11.3 Å². The average Bonchev–Trinajstić information content (AvgIpc) is 2.81. The van der Waals surface area contributed by atoms with Crippen molar-refractivity contribution in [3.8, 4) is 0 Å². The van der Waals surface area contributed by atoms with Crippen molar-refractivity contribution in [2.45, 2.75) is 13.5 Å². The van der Waals surface area contributed by atoms with Crippen molar-refractivity contribution in [2.24, 2.45) is 0 Å². The molecule has 3 nitrogen and oxygen atoms in total. The lowest BCUT2D eigenvalue weighted by Crippen LogP contribution is -2.23. The molecule has 6 heteroatoms. The number of anilines is 1. The number of aryl methyl sites for hydroxylation is 1. The average molecular weight is 296 g/mol. The lowest BCUT2D eigenvalue weighted by atomic mass is 10.1. The number of halogens is 2. The molecule has 0 bridgehead atoms. The van der Waals surface area contributed by atoms with Crippen LogP contribution in [0.5, 0.6) is 0 Å². The van der Waals surface area contributed by atoms with E-state index in [1.54, 1.807) is 0 Å².